The first-order chi connectivity index (χ1) is 10.2. The standard InChI is InChI=1S/C16H27N3O3/c1-11-10-14(18(6)17-11)21-12(2)13-8-7-9-19(13)15(20)22-16(3,4)5/h10,12-13H,7-9H2,1-6H3/t12?,13-/m1/s1. The molecule has 124 valence electrons. The van der Waals surface area contributed by atoms with Crippen molar-refractivity contribution >= 4 is 6.09 Å². The third-order valence-electron chi connectivity index (χ3n) is 3.73. The fraction of sp³-hybridized carbons (Fsp3) is 0.750. The lowest BCUT2D eigenvalue weighted by molar-refractivity contribution is 0.0103. The number of amides is 1. The molecule has 1 aromatic rings. The van der Waals surface area contributed by atoms with Gasteiger partial charge in [0.15, 0.2) is 0 Å². The van der Waals surface area contributed by atoms with Crippen LogP contribution in [0.2, 0.25) is 0 Å². The molecule has 0 aromatic carbocycles. The molecule has 0 aliphatic carbocycles. The van der Waals surface area contributed by atoms with Crippen LogP contribution in [0, 0.1) is 6.92 Å². The molecule has 1 aliphatic rings. The predicted octanol–water partition coefficient (Wildman–Crippen LogP) is 2.90. The van der Waals surface area contributed by atoms with Crippen LogP contribution in [-0.4, -0.2) is 45.1 Å². The van der Waals surface area contributed by atoms with Crippen molar-refractivity contribution in [2.75, 3.05) is 6.54 Å². The third-order valence-corrected chi connectivity index (χ3v) is 3.73. The summed E-state index contributed by atoms with van der Waals surface area (Å²) in [7, 11) is 1.86. The van der Waals surface area contributed by atoms with Crippen LogP contribution in [0.15, 0.2) is 6.07 Å². The molecule has 0 spiro atoms. The monoisotopic (exact) mass is 309 g/mol. The fourth-order valence-corrected chi connectivity index (χ4v) is 2.79. The SMILES string of the molecule is Cc1cc(OC(C)[C@H]2CCCN2C(=O)OC(C)(C)C)n(C)n1. The van der Waals surface area contributed by atoms with Crippen LogP contribution in [0.25, 0.3) is 0 Å². The molecule has 0 saturated carbocycles. The molecule has 6 heteroatoms. The van der Waals surface area contributed by atoms with Gasteiger partial charge in [0.1, 0.15) is 11.7 Å². The molecule has 0 radical (unpaired) electrons. The van der Waals surface area contributed by atoms with Crippen LogP contribution >= 0.6 is 0 Å². The van der Waals surface area contributed by atoms with E-state index in [9.17, 15) is 4.79 Å². The van der Waals surface area contributed by atoms with E-state index in [1.165, 1.54) is 0 Å². The number of aromatic nitrogens is 2. The maximum Gasteiger partial charge on any atom is 0.410 e. The maximum absolute atomic E-state index is 12.3. The molecule has 1 amide bonds. The highest BCUT2D eigenvalue weighted by Gasteiger charge is 2.36. The summed E-state index contributed by atoms with van der Waals surface area (Å²) in [6.45, 7) is 10.3. The van der Waals surface area contributed by atoms with Crippen LogP contribution in [-0.2, 0) is 11.8 Å². The quantitative estimate of drug-likeness (QED) is 0.861. The van der Waals surface area contributed by atoms with E-state index < -0.39 is 5.60 Å². The van der Waals surface area contributed by atoms with Crippen LogP contribution in [0.3, 0.4) is 0 Å². The lowest BCUT2D eigenvalue weighted by Crippen LogP contribution is -2.46. The number of rotatable bonds is 3. The number of hydrogen-bond donors (Lipinski definition) is 0. The smallest absolute Gasteiger partial charge is 0.410 e. The minimum Gasteiger partial charge on any atom is -0.473 e. The van der Waals surface area contributed by atoms with E-state index in [4.69, 9.17) is 9.47 Å². The lowest BCUT2D eigenvalue weighted by Gasteiger charge is -2.31. The van der Waals surface area contributed by atoms with Gasteiger partial charge in [-0.1, -0.05) is 0 Å². The highest BCUT2D eigenvalue weighted by atomic mass is 16.6. The largest absolute Gasteiger partial charge is 0.473 e. The lowest BCUT2D eigenvalue weighted by atomic mass is 10.1. The van der Waals surface area contributed by atoms with Gasteiger partial charge in [0.05, 0.1) is 11.7 Å². The van der Waals surface area contributed by atoms with Crippen LogP contribution in [0.1, 0.15) is 46.2 Å². The molecule has 1 aromatic heterocycles. The Hall–Kier alpha value is -1.72. The van der Waals surface area contributed by atoms with E-state index >= 15 is 0 Å². The minimum atomic E-state index is -0.479. The van der Waals surface area contributed by atoms with Gasteiger partial charge in [-0.15, -0.1) is 0 Å². The van der Waals surface area contributed by atoms with E-state index in [1.54, 1.807) is 9.58 Å². The molecule has 1 aliphatic heterocycles. The van der Waals surface area contributed by atoms with Crippen molar-refractivity contribution in [3.8, 4) is 5.88 Å². The summed E-state index contributed by atoms with van der Waals surface area (Å²) in [5, 5.41) is 4.28. The number of aryl methyl sites for hydroxylation is 2. The van der Waals surface area contributed by atoms with E-state index in [0.29, 0.717) is 0 Å². The molecule has 1 saturated heterocycles. The second kappa shape index (κ2) is 6.18. The Bertz CT molecular complexity index is 533. The van der Waals surface area contributed by atoms with Crippen molar-refractivity contribution < 1.29 is 14.3 Å². The molecular formula is C16H27N3O3. The van der Waals surface area contributed by atoms with Gasteiger partial charge in [-0.3, -0.25) is 0 Å². The molecule has 1 fully saturated rings. The van der Waals surface area contributed by atoms with Crippen molar-refractivity contribution in [1.82, 2.24) is 14.7 Å². The number of carbonyl (C=O) groups is 1. The minimum absolute atomic E-state index is 0.0325. The molecule has 22 heavy (non-hydrogen) atoms. The number of ether oxygens (including phenoxy) is 2. The van der Waals surface area contributed by atoms with Crippen molar-refractivity contribution in [3.63, 3.8) is 0 Å². The maximum atomic E-state index is 12.3. The Labute approximate surface area is 132 Å². The molecule has 2 rings (SSSR count). The summed E-state index contributed by atoms with van der Waals surface area (Å²) in [5.41, 5.74) is 0.438. The van der Waals surface area contributed by atoms with Crippen LogP contribution < -0.4 is 4.74 Å². The van der Waals surface area contributed by atoms with E-state index in [-0.39, 0.29) is 18.2 Å². The van der Waals surface area contributed by atoms with Crippen molar-refractivity contribution in [3.05, 3.63) is 11.8 Å². The molecule has 0 bridgehead atoms. The second-order valence-corrected chi connectivity index (χ2v) is 6.95. The Morgan fingerprint density at radius 3 is 2.68 bits per heavy atom. The summed E-state index contributed by atoms with van der Waals surface area (Å²) in [6, 6.07) is 1.94. The van der Waals surface area contributed by atoms with E-state index in [2.05, 4.69) is 5.10 Å². The number of likely N-dealkylation sites (tertiary alicyclic amines) is 1. The summed E-state index contributed by atoms with van der Waals surface area (Å²) in [5.74, 6) is 0.723. The van der Waals surface area contributed by atoms with Crippen molar-refractivity contribution in [2.24, 2.45) is 7.05 Å². The highest BCUT2D eigenvalue weighted by molar-refractivity contribution is 5.69. The molecule has 6 nitrogen and oxygen atoms in total. The average molecular weight is 309 g/mol. The van der Waals surface area contributed by atoms with Crippen molar-refractivity contribution in [1.29, 1.82) is 0 Å². The first-order valence-corrected chi connectivity index (χ1v) is 7.84. The van der Waals surface area contributed by atoms with Gasteiger partial charge in [-0.05, 0) is 47.5 Å². The summed E-state index contributed by atoms with van der Waals surface area (Å²) in [4.78, 5) is 14.1. The Morgan fingerprint density at radius 2 is 2.14 bits per heavy atom. The van der Waals surface area contributed by atoms with Crippen LogP contribution in [0.5, 0.6) is 5.88 Å². The van der Waals surface area contributed by atoms with Gasteiger partial charge in [0.2, 0.25) is 5.88 Å². The zero-order chi connectivity index (χ0) is 16.5. The second-order valence-electron chi connectivity index (χ2n) is 6.95. The highest BCUT2D eigenvalue weighted by Crippen LogP contribution is 2.25. The number of hydrogen-bond acceptors (Lipinski definition) is 4. The van der Waals surface area contributed by atoms with Gasteiger partial charge >= 0.3 is 6.09 Å². The van der Waals surface area contributed by atoms with Crippen LogP contribution in [0.4, 0.5) is 4.79 Å². The topological polar surface area (TPSA) is 56.6 Å². The third kappa shape index (κ3) is 3.93. The van der Waals surface area contributed by atoms with E-state index in [0.717, 1.165) is 31.0 Å². The Balaban J connectivity index is 2.03. The molecule has 2 heterocycles. The normalized spacial score (nSPS) is 20.1. The van der Waals surface area contributed by atoms with Gasteiger partial charge in [0, 0.05) is 19.7 Å². The fourth-order valence-electron chi connectivity index (χ4n) is 2.79. The van der Waals surface area contributed by atoms with Gasteiger partial charge in [-0.25, -0.2) is 9.48 Å². The Kier molecular flexibility index (Phi) is 4.68. The zero-order valence-corrected chi connectivity index (χ0v) is 14.4. The predicted molar refractivity (Wildman–Crippen MR) is 84.0 cm³/mol. The number of nitrogens with zero attached hydrogens (tertiary/aromatic N) is 3. The number of carbonyl (C=O) groups excluding carboxylic acids is 1. The van der Waals surface area contributed by atoms with Gasteiger partial charge in [-0.2, -0.15) is 5.10 Å². The van der Waals surface area contributed by atoms with E-state index in [1.807, 2.05) is 47.7 Å². The van der Waals surface area contributed by atoms with Crippen molar-refractivity contribution in [2.45, 2.75) is 65.2 Å². The molecular weight excluding hydrogens is 282 g/mol. The molecule has 1 unspecified atom stereocenters. The summed E-state index contributed by atoms with van der Waals surface area (Å²) in [6.07, 6.45) is 1.54. The average Bonchev–Trinajstić information content (AvgIpc) is 2.94. The van der Waals surface area contributed by atoms with Gasteiger partial charge < -0.3 is 14.4 Å². The molecule has 0 N–H and O–H groups in total. The summed E-state index contributed by atoms with van der Waals surface area (Å²) < 4.78 is 13.2. The van der Waals surface area contributed by atoms with Gasteiger partial charge in [0.25, 0.3) is 0 Å². The Morgan fingerprint density at radius 1 is 1.45 bits per heavy atom. The molecule has 2 atom stereocenters. The first kappa shape index (κ1) is 16.6. The zero-order valence-electron chi connectivity index (χ0n) is 14.4. The summed E-state index contributed by atoms with van der Waals surface area (Å²) >= 11 is 0. The first-order valence-electron chi connectivity index (χ1n) is 7.84.